The minimum atomic E-state index is -6.04. The van der Waals surface area contributed by atoms with E-state index < -0.39 is 28.3 Å². The molecule has 1 aromatic rings. The lowest BCUT2D eigenvalue weighted by atomic mass is 10.1. The van der Waals surface area contributed by atoms with Gasteiger partial charge in [-0.05, 0) is 18.5 Å². The molecule has 0 spiro atoms. The standard InChI is InChI=1S/C8H5ClF6N2OS/c1-3-2-19-5(16-3)17-4(18)6(10,11)7(12,13)8(9,14)15/h2H,1H3,(H,16,17,18). The molecule has 0 aliphatic carbocycles. The zero-order valence-electron chi connectivity index (χ0n) is 8.99. The van der Waals surface area contributed by atoms with Crippen LogP contribution < -0.4 is 5.32 Å². The van der Waals surface area contributed by atoms with Gasteiger partial charge in [-0.25, -0.2) is 4.98 Å². The Morgan fingerprint density at radius 2 is 1.84 bits per heavy atom. The third-order valence-corrected chi connectivity index (χ3v) is 2.99. The normalized spacial score (nSPS) is 13.5. The van der Waals surface area contributed by atoms with E-state index >= 15 is 0 Å². The van der Waals surface area contributed by atoms with Gasteiger partial charge in [0, 0.05) is 5.38 Å². The fourth-order valence-corrected chi connectivity index (χ4v) is 1.71. The Bertz CT molecular complexity index is 486. The zero-order valence-corrected chi connectivity index (χ0v) is 10.6. The van der Waals surface area contributed by atoms with Gasteiger partial charge in [-0.2, -0.15) is 26.3 Å². The lowest BCUT2D eigenvalue weighted by Gasteiger charge is -2.27. The van der Waals surface area contributed by atoms with Crippen LogP contribution in [0.2, 0.25) is 0 Å². The molecule has 108 valence electrons. The summed E-state index contributed by atoms with van der Waals surface area (Å²) in [6, 6.07) is 0. The Labute approximate surface area is 111 Å². The number of carbonyl (C=O) groups is 1. The molecule has 0 saturated carbocycles. The van der Waals surface area contributed by atoms with Crippen molar-refractivity contribution in [2.75, 3.05) is 5.32 Å². The first kappa shape index (κ1) is 16.0. The first-order valence-corrected chi connectivity index (χ1v) is 5.71. The molecule has 3 nitrogen and oxygen atoms in total. The highest BCUT2D eigenvalue weighted by molar-refractivity contribution is 7.13. The third kappa shape index (κ3) is 2.94. The van der Waals surface area contributed by atoms with E-state index in [2.05, 4.69) is 16.6 Å². The Morgan fingerprint density at radius 3 is 2.21 bits per heavy atom. The number of aromatic nitrogens is 1. The number of anilines is 1. The van der Waals surface area contributed by atoms with Crippen molar-refractivity contribution in [3.05, 3.63) is 11.1 Å². The fourth-order valence-electron chi connectivity index (χ4n) is 0.908. The van der Waals surface area contributed by atoms with Crippen LogP contribution in [0, 0.1) is 6.92 Å². The summed E-state index contributed by atoms with van der Waals surface area (Å²) in [7, 11) is 0. The SMILES string of the molecule is Cc1csc(NC(=O)C(F)(F)C(F)(F)C(F)(F)Cl)n1. The number of nitrogens with one attached hydrogen (secondary N) is 1. The van der Waals surface area contributed by atoms with Gasteiger partial charge in [-0.1, -0.05) is 0 Å². The second-order valence-electron chi connectivity index (χ2n) is 3.39. The van der Waals surface area contributed by atoms with Gasteiger partial charge in [-0.3, -0.25) is 10.1 Å². The van der Waals surface area contributed by atoms with Gasteiger partial charge < -0.3 is 0 Å². The summed E-state index contributed by atoms with van der Waals surface area (Å²) in [6.45, 7) is 1.45. The van der Waals surface area contributed by atoms with Crippen molar-refractivity contribution >= 4 is 34.0 Å². The van der Waals surface area contributed by atoms with Crippen molar-refractivity contribution in [3.63, 3.8) is 0 Å². The third-order valence-electron chi connectivity index (χ3n) is 1.88. The summed E-state index contributed by atoms with van der Waals surface area (Å²) >= 11 is 4.57. The van der Waals surface area contributed by atoms with E-state index in [1.165, 1.54) is 17.6 Å². The van der Waals surface area contributed by atoms with Gasteiger partial charge in [0.1, 0.15) is 0 Å². The molecule has 0 aliphatic rings. The van der Waals surface area contributed by atoms with Crippen LogP contribution in [0.15, 0.2) is 5.38 Å². The Hall–Kier alpha value is -1.03. The molecular formula is C8H5ClF6N2OS. The highest BCUT2D eigenvalue weighted by Gasteiger charge is 2.74. The van der Waals surface area contributed by atoms with Gasteiger partial charge in [-0.15, -0.1) is 11.3 Å². The molecule has 0 saturated heterocycles. The molecule has 1 amide bonds. The summed E-state index contributed by atoms with van der Waals surface area (Å²) in [5.74, 6) is -14.4. The lowest BCUT2D eigenvalue weighted by Crippen LogP contribution is -2.57. The van der Waals surface area contributed by atoms with Crippen molar-refractivity contribution in [1.82, 2.24) is 4.98 Å². The topological polar surface area (TPSA) is 42.0 Å². The Morgan fingerprint density at radius 1 is 1.32 bits per heavy atom. The molecule has 1 N–H and O–H groups in total. The number of thiazole rings is 1. The summed E-state index contributed by atoms with van der Waals surface area (Å²) in [6.07, 6.45) is 0. The van der Waals surface area contributed by atoms with Crippen molar-refractivity contribution in [2.45, 2.75) is 24.2 Å². The van der Waals surface area contributed by atoms with Crippen LogP contribution in [-0.4, -0.2) is 28.1 Å². The largest absolute Gasteiger partial charge is 0.395 e. The Kier molecular flexibility index (Phi) is 4.06. The maximum absolute atomic E-state index is 13.0. The van der Waals surface area contributed by atoms with Crippen molar-refractivity contribution < 1.29 is 31.1 Å². The Balaban J connectivity index is 2.97. The predicted octanol–water partition coefficient (Wildman–Crippen LogP) is 3.49. The highest BCUT2D eigenvalue weighted by atomic mass is 35.5. The second-order valence-corrected chi connectivity index (χ2v) is 4.73. The van der Waals surface area contributed by atoms with Crippen LogP contribution in [0.5, 0.6) is 0 Å². The minimum absolute atomic E-state index is 0.332. The smallest absolute Gasteiger partial charge is 0.296 e. The molecule has 11 heteroatoms. The highest BCUT2D eigenvalue weighted by Crippen LogP contribution is 2.48. The van der Waals surface area contributed by atoms with Gasteiger partial charge in [0.25, 0.3) is 0 Å². The number of halogens is 7. The number of hydrogen-bond donors (Lipinski definition) is 1. The van der Waals surface area contributed by atoms with E-state index in [4.69, 9.17) is 0 Å². The summed E-state index contributed by atoms with van der Waals surface area (Å²) < 4.78 is 76.1. The number of nitrogens with zero attached hydrogens (tertiary/aromatic N) is 1. The average molecular weight is 327 g/mol. The van der Waals surface area contributed by atoms with Crippen molar-refractivity contribution in [2.24, 2.45) is 0 Å². The fraction of sp³-hybridized carbons (Fsp3) is 0.500. The van der Waals surface area contributed by atoms with E-state index in [9.17, 15) is 31.1 Å². The van der Waals surface area contributed by atoms with Gasteiger partial charge >= 0.3 is 23.1 Å². The monoisotopic (exact) mass is 326 g/mol. The van der Waals surface area contributed by atoms with E-state index in [1.807, 2.05) is 0 Å². The molecule has 1 heterocycles. The maximum atomic E-state index is 13.0. The minimum Gasteiger partial charge on any atom is -0.296 e. The number of carbonyl (C=O) groups excluding carboxylic acids is 1. The lowest BCUT2D eigenvalue weighted by molar-refractivity contribution is -0.266. The molecule has 0 atom stereocenters. The quantitative estimate of drug-likeness (QED) is 0.680. The molecule has 0 radical (unpaired) electrons. The van der Waals surface area contributed by atoms with E-state index in [-0.39, 0.29) is 0 Å². The number of alkyl halides is 7. The summed E-state index contributed by atoms with van der Waals surface area (Å²) in [5.41, 5.74) is 0.332. The molecular weight excluding hydrogens is 322 g/mol. The van der Waals surface area contributed by atoms with Crippen LogP contribution in [0.4, 0.5) is 31.5 Å². The average Bonchev–Trinajstić information content (AvgIpc) is 2.61. The molecule has 0 fully saturated rings. The first-order valence-electron chi connectivity index (χ1n) is 4.45. The maximum Gasteiger partial charge on any atom is 0.395 e. The molecule has 19 heavy (non-hydrogen) atoms. The number of hydrogen-bond acceptors (Lipinski definition) is 3. The predicted molar refractivity (Wildman–Crippen MR) is 56.2 cm³/mol. The number of rotatable bonds is 4. The summed E-state index contributed by atoms with van der Waals surface area (Å²) in [5, 5.41) is -3.33. The van der Waals surface area contributed by atoms with Gasteiger partial charge in [0.2, 0.25) is 0 Å². The van der Waals surface area contributed by atoms with Gasteiger partial charge in [0.05, 0.1) is 5.69 Å². The molecule has 0 bridgehead atoms. The first-order chi connectivity index (χ1) is 8.39. The molecule has 0 aromatic carbocycles. The van der Waals surface area contributed by atoms with E-state index in [0.29, 0.717) is 17.0 Å². The van der Waals surface area contributed by atoms with E-state index in [0.717, 1.165) is 0 Å². The zero-order chi connectivity index (χ0) is 15.1. The van der Waals surface area contributed by atoms with Crippen LogP contribution >= 0.6 is 22.9 Å². The second kappa shape index (κ2) is 4.82. The van der Waals surface area contributed by atoms with Crippen LogP contribution in [0.1, 0.15) is 5.69 Å². The van der Waals surface area contributed by atoms with Crippen LogP contribution in [0.25, 0.3) is 0 Å². The molecule has 0 unspecified atom stereocenters. The molecule has 1 rings (SSSR count). The van der Waals surface area contributed by atoms with Crippen LogP contribution in [-0.2, 0) is 4.79 Å². The number of amides is 1. The number of aryl methyl sites for hydroxylation is 1. The van der Waals surface area contributed by atoms with Crippen molar-refractivity contribution in [3.8, 4) is 0 Å². The molecule has 1 aromatic heterocycles. The van der Waals surface area contributed by atoms with Gasteiger partial charge in [0.15, 0.2) is 5.13 Å². The van der Waals surface area contributed by atoms with Crippen molar-refractivity contribution in [1.29, 1.82) is 0 Å². The van der Waals surface area contributed by atoms with Crippen LogP contribution in [0.3, 0.4) is 0 Å². The summed E-state index contributed by atoms with van der Waals surface area (Å²) in [4.78, 5) is 14.5. The molecule has 0 aliphatic heterocycles. The van der Waals surface area contributed by atoms with E-state index in [1.54, 1.807) is 0 Å².